The molecule has 0 saturated carbocycles. The second kappa shape index (κ2) is 7.28. The first-order valence-corrected chi connectivity index (χ1v) is 9.92. The molecule has 1 fully saturated rings. The number of furan rings is 1. The molecule has 29 heavy (non-hydrogen) atoms. The molecule has 9 nitrogen and oxygen atoms in total. The lowest BCUT2D eigenvalue weighted by Crippen LogP contribution is -2.42. The van der Waals surface area contributed by atoms with Crippen molar-refractivity contribution >= 4 is 40.8 Å². The first-order chi connectivity index (χ1) is 13.9. The Morgan fingerprint density at radius 3 is 2.62 bits per heavy atom. The Balaban J connectivity index is 1.59. The highest BCUT2D eigenvalue weighted by Crippen LogP contribution is 2.35. The Hall–Kier alpha value is -3.27. The number of urea groups is 1. The van der Waals surface area contributed by atoms with Gasteiger partial charge in [-0.15, -0.1) is 11.3 Å². The van der Waals surface area contributed by atoms with Crippen LogP contribution in [-0.2, 0) is 14.4 Å². The van der Waals surface area contributed by atoms with Crippen LogP contribution in [0.15, 0.2) is 45.4 Å². The molecule has 2 aromatic heterocycles. The maximum Gasteiger partial charge on any atom is 0.334 e. The van der Waals surface area contributed by atoms with Crippen molar-refractivity contribution in [2.24, 2.45) is 5.10 Å². The summed E-state index contributed by atoms with van der Waals surface area (Å²) in [5.41, 5.74) is 0.598. The van der Waals surface area contributed by atoms with Crippen molar-refractivity contribution in [1.29, 1.82) is 0 Å². The van der Waals surface area contributed by atoms with E-state index in [0.29, 0.717) is 22.8 Å². The van der Waals surface area contributed by atoms with Gasteiger partial charge in [0.1, 0.15) is 18.0 Å². The Labute approximate surface area is 170 Å². The lowest BCUT2D eigenvalue weighted by molar-refractivity contribution is -0.145. The Bertz CT molecular complexity index is 996. The predicted octanol–water partition coefficient (Wildman–Crippen LogP) is 2.22. The molecule has 2 aromatic rings. The Kier molecular flexibility index (Phi) is 4.79. The van der Waals surface area contributed by atoms with E-state index in [1.807, 2.05) is 17.5 Å². The highest BCUT2D eigenvalue weighted by molar-refractivity contribution is 7.10. The molecule has 0 radical (unpaired) electrons. The average molecular weight is 414 g/mol. The second-order valence-electron chi connectivity index (χ2n) is 6.94. The van der Waals surface area contributed by atoms with E-state index in [4.69, 9.17) is 4.42 Å². The molecule has 1 unspecified atom stereocenters. The van der Waals surface area contributed by atoms with Crippen LogP contribution in [0.1, 0.15) is 36.9 Å². The van der Waals surface area contributed by atoms with Crippen molar-refractivity contribution in [3.8, 4) is 0 Å². The maximum atomic E-state index is 13.0. The molecule has 150 valence electrons. The van der Waals surface area contributed by atoms with Crippen molar-refractivity contribution in [1.82, 2.24) is 14.8 Å². The van der Waals surface area contributed by atoms with E-state index in [9.17, 15) is 19.2 Å². The van der Waals surface area contributed by atoms with Crippen molar-refractivity contribution in [2.75, 3.05) is 6.54 Å². The van der Waals surface area contributed by atoms with Crippen LogP contribution in [0.3, 0.4) is 0 Å². The SMILES string of the molecule is CC(C)N1C(=O)C(=O)N(CC(=O)N2N=C(c3ccco3)CC2c2cccs2)C1=O. The summed E-state index contributed by atoms with van der Waals surface area (Å²) in [6.45, 7) is 2.70. The number of amides is 5. The summed E-state index contributed by atoms with van der Waals surface area (Å²) in [5, 5.41) is 7.57. The number of nitrogens with zero attached hydrogens (tertiary/aromatic N) is 4. The monoisotopic (exact) mass is 414 g/mol. The number of rotatable bonds is 5. The largest absolute Gasteiger partial charge is 0.463 e. The summed E-state index contributed by atoms with van der Waals surface area (Å²) in [4.78, 5) is 52.3. The van der Waals surface area contributed by atoms with Crippen LogP contribution in [0.4, 0.5) is 4.79 Å². The van der Waals surface area contributed by atoms with Crippen LogP contribution < -0.4 is 0 Å². The molecule has 0 N–H and O–H groups in total. The minimum atomic E-state index is -1.00. The second-order valence-corrected chi connectivity index (χ2v) is 7.92. The standard InChI is InChI=1S/C19H18N4O5S/c1-11(2)22-18(26)17(25)21(19(22)27)10-16(24)23-13(15-6-4-8-29-15)9-12(20-23)14-5-3-7-28-14/h3-8,11,13H,9-10H2,1-2H3. The number of carbonyl (C=O) groups is 4. The quantitative estimate of drug-likeness (QED) is 0.551. The fourth-order valence-electron chi connectivity index (χ4n) is 3.36. The van der Waals surface area contributed by atoms with E-state index < -0.39 is 36.3 Å². The molecule has 0 aromatic carbocycles. The predicted molar refractivity (Wildman–Crippen MR) is 103 cm³/mol. The number of hydrogen-bond donors (Lipinski definition) is 0. The van der Waals surface area contributed by atoms with Crippen LogP contribution >= 0.6 is 11.3 Å². The van der Waals surface area contributed by atoms with E-state index in [-0.39, 0.29) is 6.04 Å². The zero-order chi connectivity index (χ0) is 20.7. The molecule has 0 bridgehead atoms. The summed E-state index contributed by atoms with van der Waals surface area (Å²) >= 11 is 1.48. The zero-order valence-corrected chi connectivity index (χ0v) is 16.6. The summed E-state index contributed by atoms with van der Waals surface area (Å²) in [7, 11) is 0. The van der Waals surface area contributed by atoms with Gasteiger partial charge in [-0.2, -0.15) is 5.10 Å². The van der Waals surface area contributed by atoms with Gasteiger partial charge in [0.15, 0.2) is 0 Å². The molecule has 0 aliphatic carbocycles. The third-order valence-electron chi connectivity index (χ3n) is 4.74. The van der Waals surface area contributed by atoms with Crippen LogP contribution in [-0.4, -0.2) is 56.9 Å². The number of thiophene rings is 1. The molecule has 0 spiro atoms. The maximum absolute atomic E-state index is 13.0. The number of imide groups is 2. The zero-order valence-electron chi connectivity index (χ0n) is 15.8. The summed E-state index contributed by atoms with van der Waals surface area (Å²) < 4.78 is 5.40. The van der Waals surface area contributed by atoms with Crippen molar-refractivity contribution in [3.05, 3.63) is 46.5 Å². The third-order valence-corrected chi connectivity index (χ3v) is 5.71. The molecule has 2 aliphatic rings. The van der Waals surface area contributed by atoms with Crippen LogP contribution in [0.25, 0.3) is 0 Å². The van der Waals surface area contributed by atoms with Gasteiger partial charge in [-0.05, 0) is 37.4 Å². The average Bonchev–Trinajstić information content (AvgIpc) is 3.46. The lowest BCUT2D eigenvalue weighted by Gasteiger charge is -2.23. The molecule has 5 amide bonds. The molecular formula is C19H18N4O5S. The summed E-state index contributed by atoms with van der Waals surface area (Å²) in [6.07, 6.45) is 1.97. The van der Waals surface area contributed by atoms with Crippen molar-refractivity contribution in [2.45, 2.75) is 32.4 Å². The van der Waals surface area contributed by atoms with Gasteiger partial charge < -0.3 is 4.42 Å². The normalized spacial score (nSPS) is 19.7. The molecule has 4 heterocycles. The van der Waals surface area contributed by atoms with Crippen molar-refractivity contribution in [3.63, 3.8) is 0 Å². The summed E-state index contributed by atoms with van der Waals surface area (Å²) in [6, 6.07) is 5.62. The Morgan fingerprint density at radius 2 is 2.03 bits per heavy atom. The number of hydrogen-bond acceptors (Lipinski definition) is 7. The van der Waals surface area contributed by atoms with E-state index >= 15 is 0 Å². The van der Waals surface area contributed by atoms with Gasteiger partial charge in [-0.3, -0.25) is 19.3 Å². The molecule has 10 heteroatoms. The van der Waals surface area contributed by atoms with E-state index in [0.717, 1.165) is 9.78 Å². The number of hydrazone groups is 1. The van der Waals surface area contributed by atoms with Gasteiger partial charge in [0.05, 0.1) is 12.3 Å². The van der Waals surface area contributed by atoms with E-state index in [1.54, 1.807) is 26.0 Å². The minimum Gasteiger partial charge on any atom is -0.463 e. The van der Waals surface area contributed by atoms with Crippen LogP contribution in [0.5, 0.6) is 0 Å². The fourth-order valence-corrected chi connectivity index (χ4v) is 4.17. The highest BCUT2D eigenvalue weighted by atomic mass is 32.1. The van der Waals surface area contributed by atoms with Gasteiger partial charge in [0.25, 0.3) is 5.91 Å². The smallest absolute Gasteiger partial charge is 0.334 e. The summed E-state index contributed by atoms with van der Waals surface area (Å²) in [5.74, 6) is -1.92. The van der Waals surface area contributed by atoms with Crippen LogP contribution in [0.2, 0.25) is 0 Å². The van der Waals surface area contributed by atoms with Gasteiger partial charge in [-0.25, -0.2) is 14.7 Å². The third kappa shape index (κ3) is 3.25. The molecule has 4 rings (SSSR count). The minimum absolute atomic E-state index is 0.368. The number of carbonyl (C=O) groups excluding carboxylic acids is 4. The van der Waals surface area contributed by atoms with Gasteiger partial charge in [0.2, 0.25) is 0 Å². The lowest BCUT2D eigenvalue weighted by atomic mass is 10.1. The Morgan fingerprint density at radius 1 is 1.24 bits per heavy atom. The van der Waals surface area contributed by atoms with Gasteiger partial charge >= 0.3 is 17.8 Å². The van der Waals surface area contributed by atoms with Gasteiger partial charge in [0, 0.05) is 17.3 Å². The fraction of sp³-hybridized carbons (Fsp3) is 0.316. The molecule has 1 atom stereocenters. The molecule has 1 saturated heterocycles. The first-order valence-electron chi connectivity index (χ1n) is 9.04. The molecule has 2 aliphatic heterocycles. The first kappa shape index (κ1) is 19.1. The van der Waals surface area contributed by atoms with Crippen molar-refractivity contribution < 1.29 is 23.6 Å². The molecular weight excluding hydrogens is 396 g/mol. The van der Waals surface area contributed by atoms with E-state index in [1.165, 1.54) is 22.6 Å². The topological polar surface area (TPSA) is 104 Å². The van der Waals surface area contributed by atoms with E-state index in [2.05, 4.69) is 5.10 Å². The highest BCUT2D eigenvalue weighted by Gasteiger charge is 2.47. The van der Waals surface area contributed by atoms with Gasteiger partial charge in [-0.1, -0.05) is 6.07 Å². The van der Waals surface area contributed by atoms with Crippen LogP contribution in [0, 0.1) is 0 Å².